The van der Waals surface area contributed by atoms with E-state index >= 15 is 0 Å². The van der Waals surface area contributed by atoms with Crippen LogP contribution in [0, 0.1) is 34.0 Å². The quantitative estimate of drug-likeness (QED) is 0.680. The molecular formula is C27H46N2O. The molecule has 4 aliphatic carbocycles. The summed E-state index contributed by atoms with van der Waals surface area (Å²) >= 11 is 0. The van der Waals surface area contributed by atoms with Crippen LogP contribution in [0.5, 0.6) is 0 Å². The molecule has 0 aliphatic heterocycles. The summed E-state index contributed by atoms with van der Waals surface area (Å²) in [6.45, 7) is 12.3. The Hall–Kier alpha value is -0.640. The standard InChI is InChI=1S/C27H46N2O/c1-17(29(7)8)24-22(30)16-27(5)21-11-10-20-18(9-12-23(28-6)25(20,2)3)15-19(21)13-14-26(24,27)4/h13,15,17,20-24,28,30H,9-12,14,16H2,1-8H3. The van der Waals surface area contributed by atoms with E-state index in [1.165, 1.54) is 25.7 Å². The van der Waals surface area contributed by atoms with Gasteiger partial charge < -0.3 is 15.3 Å². The van der Waals surface area contributed by atoms with Gasteiger partial charge in [-0.1, -0.05) is 45.4 Å². The van der Waals surface area contributed by atoms with Gasteiger partial charge in [-0.15, -0.1) is 0 Å². The molecule has 3 heteroatoms. The molecule has 8 atom stereocenters. The van der Waals surface area contributed by atoms with Gasteiger partial charge in [-0.25, -0.2) is 0 Å². The summed E-state index contributed by atoms with van der Waals surface area (Å²) in [5.41, 5.74) is 3.92. The molecular weight excluding hydrogens is 368 g/mol. The Kier molecular flexibility index (Phi) is 5.60. The summed E-state index contributed by atoms with van der Waals surface area (Å²) in [4.78, 5) is 2.31. The van der Waals surface area contributed by atoms with Gasteiger partial charge in [0.1, 0.15) is 0 Å². The fourth-order valence-electron chi connectivity index (χ4n) is 8.54. The molecule has 2 saturated carbocycles. The minimum atomic E-state index is -0.201. The van der Waals surface area contributed by atoms with Gasteiger partial charge in [0.25, 0.3) is 0 Å². The molecule has 4 aliphatic rings. The molecule has 170 valence electrons. The van der Waals surface area contributed by atoms with Crippen LogP contribution in [-0.2, 0) is 0 Å². The third-order valence-electron chi connectivity index (χ3n) is 10.8. The van der Waals surface area contributed by atoms with E-state index in [1.807, 2.05) is 0 Å². The Balaban J connectivity index is 1.71. The van der Waals surface area contributed by atoms with Gasteiger partial charge in [0.15, 0.2) is 0 Å². The maximum atomic E-state index is 11.3. The zero-order valence-electron chi connectivity index (χ0n) is 20.8. The van der Waals surface area contributed by atoms with E-state index in [0.717, 1.165) is 12.8 Å². The molecule has 0 spiro atoms. The van der Waals surface area contributed by atoms with Gasteiger partial charge in [0.05, 0.1) is 6.10 Å². The second-order valence-corrected chi connectivity index (χ2v) is 12.3. The summed E-state index contributed by atoms with van der Waals surface area (Å²) in [7, 11) is 6.47. The molecule has 0 heterocycles. The number of rotatable bonds is 3. The first-order valence-electron chi connectivity index (χ1n) is 12.4. The number of nitrogens with zero attached hydrogens (tertiary/aromatic N) is 1. The second-order valence-electron chi connectivity index (χ2n) is 12.3. The van der Waals surface area contributed by atoms with Crippen molar-refractivity contribution in [1.29, 1.82) is 0 Å². The molecule has 4 rings (SSSR count). The monoisotopic (exact) mass is 414 g/mol. The lowest BCUT2D eigenvalue weighted by atomic mass is 9.51. The van der Waals surface area contributed by atoms with E-state index in [-0.39, 0.29) is 16.9 Å². The van der Waals surface area contributed by atoms with Crippen LogP contribution >= 0.6 is 0 Å². The third-order valence-corrected chi connectivity index (χ3v) is 10.8. The molecule has 0 aromatic rings. The first kappa shape index (κ1) is 22.6. The van der Waals surface area contributed by atoms with E-state index in [0.29, 0.717) is 35.3 Å². The second kappa shape index (κ2) is 7.46. The molecule has 8 unspecified atom stereocenters. The zero-order valence-corrected chi connectivity index (χ0v) is 20.8. The van der Waals surface area contributed by atoms with Crippen LogP contribution < -0.4 is 5.32 Å². The first-order chi connectivity index (χ1) is 14.0. The predicted molar refractivity (Wildman–Crippen MR) is 126 cm³/mol. The Morgan fingerprint density at radius 1 is 1.07 bits per heavy atom. The summed E-state index contributed by atoms with van der Waals surface area (Å²) in [6, 6.07) is 0.997. The Morgan fingerprint density at radius 3 is 2.37 bits per heavy atom. The predicted octanol–water partition coefficient (Wildman–Crippen LogP) is 5.02. The topological polar surface area (TPSA) is 35.5 Å². The Morgan fingerprint density at radius 2 is 1.73 bits per heavy atom. The first-order valence-corrected chi connectivity index (χ1v) is 12.4. The van der Waals surface area contributed by atoms with Gasteiger partial charge >= 0.3 is 0 Å². The smallest absolute Gasteiger partial charge is 0.0594 e. The fraction of sp³-hybridized carbons (Fsp3) is 0.852. The Labute approximate surface area is 185 Å². The highest BCUT2D eigenvalue weighted by Crippen LogP contribution is 2.68. The maximum absolute atomic E-state index is 11.3. The molecule has 0 bridgehead atoms. The van der Waals surface area contributed by atoms with Crippen LogP contribution in [0.3, 0.4) is 0 Å². The van der Waals surface area contributed by atoms with Crippen molar-refractivity contribution in [3.05, 3.63) is 23.3 Å². The van der Waals surface area contributed by atoms with Crippen LogP contribution in [-0.4, -0.2) is 49.3 Å². The largest absolute Gasteiger partial charge is 0.393 e. The van der Waals surface area contributed by atoms with Crippen LogP contribution in [0.25, 0.3) is 0 Å². The number of aliphatic hydroxyl groups excluding tert-OH is 1. The maximum Gasteiger partial charge on any atom is 0.0594 e. The number of allylic oxidation sites excluding steroid dienone is 4. The van der Waals surface area contributed by atoms with Crippen LogP contribution in [0.4, 0.5) is 0 Å². The molecule has 2 fully saturated rings. The lowest BCUT2D eigenvalue weighted by Crippen LogP contribution is -2.50. The minimum Gasteiger partial charge on any atom is -0.393 e. The van der Waals surface area contributed by atoms with Gasteiger partial charge in [0, 0.05) is 18.0 Å². The van der Waals surface area contributed by atoms with Crippen molar-refractivity contribution in [2.24, 2.45) is 34.0 Å². The molecule has 0 saturated heterocycles. The van der Waals surface area contributed by atoms with Gasteiger partial charge in [-0.2, -0.15) is 0 Å². The SMILES string of the molecule is CNC1CCC2=CC3=CCC4(C)C(C(C)N(C)C)C(O)CC4(C)C3CCC2C1(C)C. The lowest BCUT2D eigenvalue weighted by molar-refractivity contribution is -0.0228. The molecule has 30 heavy (non-hydrogen) atoms. The highest BCUT2D eigenvalue weighted by Gasteiger charge is 2.64. The molecule has 2 N–H and O–H groups in total. The van der Waals surface area contributed by atoms with E-state index < -0.39 is 0 Å². The summed E-state index contributed by atoms with van der Waals surface area (Å²) in [6.07, 6.45) is 12.1. The summed E-state index contributed by atoms with van der Waals surface area (Å²) in [5, 5.41) is 14.9. The average Bonchev–Trinajstić information content (AvgIpc) is 2.79. The van der Waals surface area contributed by atoms with Gasteiger partial charge in [-0.3, -0.25) is 0 Å². The summed E-state index contributed by atoms with van der Waals surface area (Å²) in [5.74, 6) is 1.58. The van der Waals surface area contributed by atoms with E-state index in [1.54, 1.807) is 11.1 Å². The number of fused-ring (bicyclic) bond motifs is 4. The van der Waals surface area contributed by atoms with Crippen molar-refractivity contribution >= 4 is 0 Å². The lowest BCUT2D eigenvalue weighted by Gasteiger charge is -2.53. The normalized spacial score (nSPS) is 46.3. The van der Waals surface area contributed by atoms with Crippen molar-refractivity contribution in [1.82, 2.24) is 10.2 Å². The van der Waals surface area contributed by atoms with Crippen LogP contribution in [0.15, 0.2) is 23.3 Å². The molecule has 0 aromatic heterocycles. The minimum absolute atomic E-state index is 0.154. The third kappa shape index (κ3) is 3.02. The summed E-state index contributed by atoms with van der Waals surface area (Å²) < 4.78 is 0. The zero-order chi connectivity index (χ0) is 22.1. The highest BCUT2D eigenvalue weighted by atomic mass is 16.3. The van der Waals surface area contributed by atoms with Crippen molar-refractivity contribution in [2.45, 2.75) is 91.3 Å². The molecule has 0 amide bonds. The average molecular weight is 415 g/mol. The van der Waals surface area contributed by atoms with Gasteiger partial charge in [-0.05, 0) is 100 Å². The Bertz CT molecular complexity index is 737. The van der Waals surface area contributed by atoms with E-state index in [4.69, 9.17) is 0 Å². The molecule has 0 radical (unpaired) electrons. The molecule has 3 nitrogen and oxygen atoms in total. The van der Waals surface area contributed by atoms with E-state index in [9.17, 15) is 5.11 Å². The van der Waals surface area contributed by atoms with Crippen molar-refractivity contribution in [2.75, 3.05) is 21.1 Å². The molecule has 0 aromatic carbocycles. The highest BCUT2D eigenvalue weighted by molar-refractivity contribution is 5.37. The van der Waals surface area contributed by atoms with Crippen molar-refractivity contribution < 1.29 is 5.11 Å². The van der Waals surface area contributed by atoms with Crippen molar-refractivity contribution in [3.63, 3.8) is 0 Å². The number of nitrogens with one attached hydrogen (secondary N) is 1. The van der Waals surface area contributed by atoms with Crippen LogP contribution in [0.2, 0.25) is 0 Å². The van der Waals surface area contributed by atoms with E-state index in [2.05, 4.69) is 78.1 Å². The van der Waals surface area contributed by atoms with Crippen molar-refractivity contribution in [3.8, 4) is 0 Å². The number of aliphatic hydroxyl groups is 1. The van der Waals surface area contributed by atoms with Gasteiger partial charge in [0.2, 0.25) is 0 Å². The van der Waals surface area contributed by atoms with Crippen LogP contribution in [0.1, 0.15) is 73.1 Å². The number of hydrogen-bond acceptors (Lipinski definition) is 3. The fourth-order valence-corrected chi connectivity index (χ4v) is 8.54. The number of hydrogen-bond donors (Lipinski definition) is 2.